The average molecular weight is 233 g/mol. The van der Waals surface area contributed by atoms with Crippen molar-refractivity contribution in [2.75, 3.05) is 6.61 Å². The second-order valence-electron chi connectivity index (χ2n) is 4.70. The number of carbonyl (C=O) groups excluding carboxylic acids is 1. The summed E-state index contributed by atoms with van der Waals surface area (Å²) < 4.78 is 5.16. The van der Waals surface area contributed by atoms with Gasteiger partial charge in [0.2, 0.25) is 0 Å². The number of benzene rings is 1. The van der Waals surface area contributed by atoms with Crippen molar-refractivity contribution >= 4 is 5.97 Å². The Bertz CT molecular complexity index is 360. The number of esters is 1. The Labute approximate surface area is 102 Å². The molecular formula is C14H19NO2. The van der Waals surface area contributed by atoms with Gasteiger partial charge in [-0.25, -0.2) is 0 Å². The van der Waals surface area contributed by atoms with E-state index in [1.54, 1.807) is 0 Å². The van der Waals surface area contributed by atoms with Gasteiger partial charge in [0.15, 0.2) is 0 Å². The predicted octanol–water partition coefficient (Wildman–Crippen LogP) is 1.90. The third kappa shape index (κ3) is 4.19. The van der Waals surface area contributed by atoms with Gasteiger partial charge in [0.25, 0.3) is 0 Å². The van der Waals surface area contributed by atoms with Crippen molar-refractivity contribution < 1.29 is 9.53 Å². The van der Waals surface area contributed by atoms with E-state index in [2.05, 4.69) is 0 Å². The summed E-state index contributed by atoms with van der Waals surface area (Å²) in [5, 5.41) is 0. The molecule has 0 amide bonds. The smallest absolute Gasteiger partial charge is 0.323 e. The Balaban J connectivity index is 1.70. The van der Waals surface area contributed by atoms with Crippen molar-refractivity contribution in [2.45, 2.75) is 31.7 Å². The van der Waals surface area contributed by atoms with Gasteiger partial charge in [0, 0.05) is 0 Å². The summed E-state index contributed by atoms with van der Waals surface area (Å²) in [5.41, 5.74) is 6.88. The lowest BCUT2D eigenvalue weighted by molar-refractivity contribution is -0.145. The summed E-state index contributed by atoms with van der Waals surface area (Å²) in [7, 11) is 0. The fourth-order valence-corrected chi connectivity index (χ4v) is 1.79. The molecule has 0 heterocycles. The molecule has 92 valence electrons. The zero-order valence-corrected chi connectivity index (χ0v) is 9.97. The van der Waals surface area contributed by atoms with Crippen LogP contribution in [0.4, 0.5) is 0 Å². The number of hydrogen-bond donors (Lipinski definition) is 1. The summed E-state index contributed by atoms with van der Waals surface area (Å²) >= 11 is 0. The number of carbonyl (C=O) groups is 1. The molecule has 1 atom stereocenters. The Morgan fingerprint density at radius 1 is 1.35 bits per heavy atom. The Kier molecular flexibility index (Phi) is 4.15. The highest BCUT2D eigenvalue weighted by Crippen LogP contribution is 2.32. The summed E-state index contributed by atoms with van der Waals surface area (Å²) in [4.78, 5) is 11.6. The van der Waals surface area contributed by atoms with Crippen LogP contribution in [-0.2, 0) is 16.0 Å². The molecule has 0 radical (unpaired) electrons. The van der Waals surface area contributed by atoms with E-state index in [0.29, 0.717) is 13.0 Å². The lowest BCUT2D eigenvalue weighted by atomic mass is 10.1. The minimum absolute atomic E-state index is 0.283. The van der Waals surface area contributed by atoms with E-state index < -0.39 is 6.04 Å². The predicted molar refractivity (Wildman–Crippen MR) is 66.4 cm³/mol. The molecule has 1 saturated carbocycles. The van der Waals surface area contributed by atoms with E-state index in [-0.39, 0.29) is 5.97 Å². The van der Waals surface area contributed by atoms with Gasteiger partial charge in [-0.15, -0.1) is 0 Å². The Morgan fingerprint density at radius 2 is 2.06 bits per heavy atom. The largest absolute Gasteiger partial charge is 0.465 e. The van der Waals surface area contributed by atoms with Crippen LogP contribution in [-0.4, -0.2) is 18.6 Å². The maximum absolute atomic E-state index is 11.6. The van der Waals surface area contributed by atoms with E-state index in [1.165, 1.54) is 12.8 Å². The van der Waals surface area contributed by atoms with Gasteiger partial charge in [-0.3, -0.25) is 4.79 Å². The maximum atomic E-state index is 11.6. The van der Waals surface area contributed by atoms with Gasteiger partial charge in [0.05, 0.1) is 6.61 Å². The van der Waals surface area contributed by atoms with Crippen LogP contribution >= 0.6 is 0 Å². The number of nitrogens with two attached hydrogens (primary N) is 1. The van der Waals surface area contributed by atoms with Crippen LogP contribution in [0, 0.1) is 5.92 Å². The normalized spacial score (nSPS) is 16.5. The van der Waals surface area contributed by atoms with E-state index >= 15 is 0 Å². The topological polar surface area (TPSA) is 52.3 Å². The molecule has 3 nitrogen and oxygen atoms in total. The molecule has 0 saturated heterocycles. The molecule has 0 aromatic heterocycles. The fraction of sp³-hybridized carbons (Fsp3) is 0.500. The third-order valence-electron chi connectivity index (χ3n) is 3.07. The number of hydrogen-bond acceptors (Lipinski definition) is 3. The molecule has 2 rings (SSSR count). The monoisotopic (exact) mass is 233 g/mol. The van der Waals surface area contributed by atoms with Gasteiger partial charge in [-0.2, -0.15) is 0 Å². The van der Waals surface area contributed by atoms with Gasteiger partial charge >= 0.3 is 5.97 Å². The fourth-order valence-electron chi connectivity index (χ4n) is 1.79. The van der Waals surface area contributed by atoms with Gasteiger partial charge < -0.3 is 10.5 Å². The third-order valence-corrected chi connectivity index (χ3v) is 3.07. The molecular weight excluding hydrogens is 214 g/mol. The Morgan fingerprint density at radius 3 is 2.71 bits per heavy atom. The second-order valence-corrected chi connectivity index (χ2v) is 4.70. The van der Waals surface area contributed by atoms with E-state index in [9.17, 15) is 4.79 Å². The van der Waals surface area contributed by atoms with Gasteiger partial charge in [-0.05, 0) is 24.3 Å². The quantitative estimate of drug-likeness (QED) is 0.763. The van der Waals surface area contributed by atoms with Crippen LogP contribution in [0.1, 0.15) is 24.8 Å². The van der Waals surface area contributed by atoms with Crippen molar-refractivity contribution in [3.8, 4) is 0 Å². The number of rotatable bonds is 6. The Hall–Kier alpha value is -1.35. The molecule has 1 fully saturated rings. The SMILES string of the molecule is N[C@H](Cc1ccccc1)C(=O)OCCC1CC1. The summed E-state index contributed by atoms with van der Waals surface area (Å²) in [5.74, 6) is 0.502. The molecule has 1 aliphatic carbocycles. The van der Waals surface area contributed by atoms with Crippen LogP contribution in [0.25, 0.3) is 0 Å². The van der Waals surface area contributed by atoms with E-state index in [4.69, 9.17) is 10.5 Å². The first-order chi connectivity index (χ1) is 8.25. The average Bonchev–Trinajstić information content (AvgIpc) is 3.14. The minimum Gasteiger partial charge on any atom is -0.465 e. The molecule has 1 aliphatic rings. The molecule has 2 N–H and O–H groups in total. The summed E-state index contributed by atoms with van der Waals surface area (Å²) in [6.45, 7) is 0.520. The number of ether oxygens (including phenoxy) is 1. The van der Waals surface area contributed by atoms with Crippen LogP contribution in [0.3, 0.4) is 0 Å². The molecule has 3 heteroatoms. The summed E-state index contributed by atoms with van der Waals surface area (Å²) in [6.07, 6.45) is 4.11. The first kappa shape index (κ1) is 12.1. The highest BCUT2D eigenvalue weighted by atomic mass is 16.5. The van der Waals surface area contributed by atoms with E-state index in [0.717, 1.165) is 17.9 Å². The van der Waals surface area contributed by atoms with Crippen molar-refractivity contribution in [3.63, 3.8) is 0 Å². The molecule has 0 spiro atoms. The second kappa shape index (κ2) is 5.82. The summed E-state index contributed by atoms with van der Waals surface area (Å²) in [6, 6.07) is 9.23. The standard InChI is InChI=1S/C14H19NO2/c15-13(10-12-4-2-1-3-5-12)14(16)17-9-8-11-6-7-11/h1-5,11,13H,6-10,15H2/t13-/m1/s1. The van der Waals surface area contributed by atoms with Crippen LogP contribution in [0.2, 0.25) is 0 Å². The zero-order chi connectivity index (χ0) is 12.1. The van der Waals surface area contributed by atoms with Crippen molar-refractivity contribution in [1.82, 2.24) is 0 Å². The lowest BCUT2D eigenvalue weighted by Crippen LogP contribution is -2.34. The van der Waals surface area contributed by atoms with Crippen molar-refractivity contribution in [2.24, 2.45) is 11.7 Å². The molecule has 0 aliphatic heterocycles. The molecule has 17 heavy (non-hydrogen) atoms. The van der Waals surface area contributed by atoms with Crippen LogP contribution in [0.5, 0.6) is 0 Å². The molecule has 1 aromatic rings. The first-order valence-electron chi connectivity index (χ1n) is 6.22. The maximum Gasteiger partial charge on any atom is 0.323 e. The zero-order valence-electron chi connectivity index (χ0n) is 9.97. The highest BCUT2D eigenvalue weighted by molar-refractivity contribution is 5.75. The van der Waals surface area contributed by atoms with Crippen LogP contribution < -0.4 is 5.73 Å². The van der Waals surface area contributed by atoms with Gasteiger partial charge in [0.1, 0.15) is 6.04 Å². The first-order valence-corrected chi connectivity index (χ1v) is 6.22. The highest BCUT2D eigenvalue weighted by Gasteiger charge is 2.22. The van der Waals surface area contributed by atoms with E-state index in [1.807, 2.05) is 30.3 Å². The minimum atomic E-state index is -0.545. The van der Waals surface area contributed by atoms with Crippen molar-refractivity contribution in [3.05, 3.63) is 35.9 Å². The molecule has 0 unspecified atom stereocenters. The van der Waals surface area contributed by atoms with Crippen molar-refractivity contribution in [1.29, 1.82) is 0 Å². The van der Waals surface area contributed by atoms with Crippen LogP contribution in [0.15, 0.2) is 30.3 Å². The van der Waals surface area contributed by atoms with Gasteiger partial charge in [-0.1, -0.05) is 43.2 Å². The lowest BCUT2D eigenvalue weighted by Gasteiger charge is -2.11. The molecule has 1 aromatic carbocycles. The molecule has 0 bridgehead atoms.